The van der Waals surface area contributed by atoms with Gasteiger partial charge in [0, 0.05) is 6.42 Å². The first-order valence-corrected chi connectivity index (χ1v) is 9.53. The van der Waals surface area contributed by atoms with E-state index in [1.165, 1.54) is 0 Å². The highest BCUT2D eigenvalue weighted by atomic mass is 31.2. The first-order valence-electron chi connectivity index (χ1n) is 4.84. The molecule has 0 unspecified atom stereocenters. The largest absolute Gasteiger partial charge is 0.481 e. The summed E-state index contributed by atoms with van der Waals surface area (Å²) in [6.45, 7) is 1.98. The molecule has 0 aromatic carbocycles. The number of aliphatic carboxylic acids is 1. The molecule has 14 nitrogen and oxygen atoms in total. The van der Waals surface area contributed by atoms with Crippen molar-refractivity contribution in [1.29, 1.82) is 0 Å². The van der Waals surface area contributed by atoms with Crippen LogP contribution in [0.25, 0.3) is 0 Å². The zero-order valence-corrected chi connectivity index (χ0v) is 13.8. The van der Waals surface area contributed by atoms with Crippen LogP contribution in [0.5, 0.6) is 0 Å². The van der Waals surface area contributed by atoms with Gasteiger partial charge < -0.3 is 49.1 Å². The smallest absolute Gasteiger partial charge is 0.466 e. The van der Waals surface area contributed by atoms with Crippen molar-refractivity contribution < 1.29 is 67.6 Å². The number of unbranched alkanes of at least 4 members (excludes halogenated alkanes) is 1. The van der Waals surface area contributed by atoms with E-state index in [4.69, 9.17) is 62.8 Å². The van der Waals surface area contributed by atoms with Crippen LogP contribution in [0, 0.1) is 0 Å². The Balaban J connectivity index is -0.0000000995. The number of hydrogen-bond acceptors (Lipinski definition) is 4. The number of phosphoric acid groups is 3. The Labute approximate surface area is 124 Å². The summed E-state index contributed by atoms with van der Waals surface area (Å²) in [6.07, 6.45) is 2.08. The third kappa shape index (κ3) is 485. The van der Waals surface area contributed by atoms with Crippen LogP contribution in [0.15, 0.2) is 0 Å². The molecule has 0 amide bonds. The Morgan fingerprint density at radius 3 is 0.955 bits per heavy atom. The monoisotopic (exact) mass is 396 g/mol. The highest BCUT2D eigenvalue weighted by Crippen LogP contribution is 2.26. The van der Waals surface area contributed by atoms with E-state index < -0.39 is 29.4 Å². The molecule has 0 aromatic rings. The van der Waals surface area contributed by atoms with E-state index in [9.17, 15) is 4.79 Å². The number of hydrogen-bond donors (Lipinski definition) is 10. The van der Waals surface area contributed by atoms with Gasteiger partial charge in [0.05, 0.1) is 0 Å². The van der Waals surface area contributed by atoms with Gasteiger partial charge in [-0.2, -0.15) is 0 Å². The number of carboxylic acid groups (broad SMARTS) is 1. The molecule has 0 bridgehead atoms. The van der Waals surface area contributed by atoms with Gasteiger partial charge in [-0.1, -0.05) is 13.3 Å². The van der Waals surface area contributed by atoms with Gasteiger partial charge >= 0.3 is 29.4 Å². The Hall–Kier alpha value is -0.200. The third-order valence-corrected chi connectivity index (χ3v) is 0.744. The van der Waals surface area contributed by atoms with Crippen LogP contribution < -0.4 is 0 Å². The highest BCUT2D eigenvalue weighted by molar-refractivity contribution is 7.45. The number of carboxylic acids is 1. The van der Waals surface area contributed by atoms with Gasteiger partial charge in [0.1, 0.15) is 0 Å². The standard InChI is InChI=1S/C5H10O2.3H3O4P/c1-2-3-4-5(6)7;3*1-5(2,3)4/h2-4H2,1H3,(H,6,7);3*(H3,1,2,3,4). The molecule has 10 N–H and O–H groups in total. The fourth-order valence-electron chi connectivity index (χ4n) is 0.328. The highest BCUT2D eigenvalue weighted by Gasteiger charge is 2.01. The first kappa shape index (κ1) is 29.8. The lowest BCUT2D eigenvalue weighted by molar-refractivity contribution is -0.137. The summed E-state index contributed by atoms with van der Waals surface area (Å²) >= 11 is 0. The van der Waals surface area contributed by atoms with E-state index in [2.05, 4.69) is 0 Å². The molecule has 138 valence electrons. The fourth-order valence-corrected chi connectivity index (χ4v) is 0.328. The average molecular weight is 396 g/mol. The van der Waals surface area contributed by atoms with Crippen LogP contribution in [0.3, 0.4) is 0 Å². The predicted octanol–water partition coefficient (Wildman–Crippen LogP) is -1.52. The van der Waals surface area contributed by atoms with Gasteiger partial charge in [-0.3, -0.25) is 4.79 Å². The molecule has 0 aromatic heterocycles. The summed E-state index contributed by atoms with van der Waals surface area (Å²) in [5.74, 6) is -0.693. The van der Waals surface area contributed by atoms with E-state index in [-0.39, 0.29) is 0 Å². The quantitative estimate of drug-likeness (QED) is 0.243. The van der Waals surface area contributed by atoms with Gasteiger partial charge in [0.15, 0.2) is 0 Å². The van der Waals surface area contributed by atoms with Gasteiger partial charge in [-0.25, -0.2) is 13.7 Å². The van der Waals surface area contributed by atoms with E-state index in [0.717, 1.165) is 12.8 Å². The average Bonchev–Trinajstić information content (AvgIpc) is 2.05. The third-order valence-electron chi connectivity index (χ3n) is 0.744. The minimum absolute atomic E-state index is 0.316. The molecular weight excluding hydrogens is 377 g/mol. The van der Waals surface area contributed by atoms with E-state index in [1.807, 2.05) is 6.92 Å². The molecule has 0 aliphatic heterocycles. The molecule has 0 radical (unpaired) electrons. The maximum atomic E-state index is 9.76. The Morgan fingerprint density at radius 1 is 0.727 bits per heavy atom. The molecule has 0 aliphatic rings. The molecule has 0 spiro atoms. The van der Waals surface area contributed by atoms with Crippen LogP contribution >= 0.6 is 23.5 Å². The first-order chi connectivity index (χ1) is 9.27. The second-order valence-electron chi connectivity index (χ2n) is 3.04. The molecule has 17 heteroatoms. The van der Waals surface area contributed by atoms with E-state index in [0.29, 0.717) is 6.42 Å². The van der Waals surface area contributed by atoms with E-state index >= 15 is 0 Å². The van der Waals surface area contributed by atoms with Crippen molar-refractivity contribution >= 4 is 29.4 Å². The summed E-state index contributed by atoms with van der Waals surface area (Å²) < 4.78 is 26.6. The van der Waals surface area contributed by atoms with E-state index in [1.54, 1.807) is 0 Å². The maximum Gasteiger partial charge on any atom is 0.466 e. The van der Waals surface area contributed by atoms with Gasteiger partial charge in [-0.05, 0) is 6.42 Å². The summed E-state index contributed by atoms with van der Waals surface area (Å²) in [7, 11) is -13.9. The zero-order chi connectivity index (χ0) is 19.2. The van der Waals surface area contributed by atoms with Crippen molar-refractivity contribution in [3.8, 4) is 0 Å². The van der Waals surface area contributed by atoms with Gasteiger partial charge in [0.25, 0.3) is 0 Å². The Kier molecular flexibility index (Phi) is 19.5. The Morgan fingerprint density at radius 2 is 0.909 bits per heavy atom. The summed E-state index contributed by atoms with van der Waals surface area (Å²) in [6, 6.07) is 0. The lowest BCUT2D eigenvalue weighted by atomic mass is 10.3. The van der Waals surface area contributed by atoms with Crippen molar-refractivity contribution in [1.82, 2.24) is 0 Å². The molecule has 0 heterocycles. The van der Waals surface area contributed by atoms with Crippen molar-refractivity contribution in [3.63, 3.8) is 0 Å². The summed E-state index contributed by atoms with van der Waals surface area (Å²) in [4.78, 5) is 74.4. The topological polar surface area (TPSA) is 271 Å². The van der Waals surface area contributed by atoms with Crippen molar-refractivity contribution in [2.75, 3.05) is 0 Å². The van der Waals surface area contributed by atoms with Gasteiger partial charge in [0.2, 0.25) is 0 Å². The predicted molar refractivity (Wildman–Crippen MR) is 69.9 cm³/mol. The van der Waals surface area contributed by atoms with Crippen LogP contribution in [-0.2, 0) is 18.5 Å². The normalized spacial score (nSPS) is 10.8. The zero-order valence-electron chi connectivity index (χ0n) is 11.1. The van der Waals surface area contributed by atoms with Crippen LogP contribution in [0.2, 0.25) is 0 Å². The number of rotatable bonds is 3. The second kappa shape index (κ2) is 14.4. The molecule has 0 fully saturated rings. The molecule has 22 heavy (non-hydrogen) atoms. The molecular formula is C5H19O14P3. The van der Waals surface area contributed by atoms with Crippen LogP contribution in [-0.4, -0.2) is 55.1 Å². The SMILES string of the molecule is CCCCC(=O)O.O=P(O)(O)O.O=P(O)(O)O.O=P(O)(O)O. The molecule has 0 saturated carbocycles. The van der Waals surface area contributed by atoms with Crippen molar-refractivity contribution in [2.45, 2.75) is 26.2 Å². The van der Waals surface area contributed by atoms with Crippen LogP contribution in [0.1, 0.15) is 26.2 Å². The van der Waals surface area contributed by atoms with Gasteiger partial charge in [-0.15, -0.1) is 0 Å². The minimum atomic E-state index is -4.64. The Bertz CT molecular complexity index is 328. The lowest BCUT2D eigenvalue weighted by Gasteiger charge is -1.85. The van der Waals surface area contributed by atoms with Crippen LogP contribution in [0.4, 0.5) is 0 Å². The summed E-state index contributed by atoms with van der Waals surface area (Å²) in [5.41, 5.74) is 0. The van der Waals surface area contributed by atoms with Crippen molar-refractivity contribution in [3.05, 3.63) is 0 Å². The van der Waals surface area contributed by atoms with Crippen molar-refractivity contribution in [2.24, 2.45) is 0 Å². The summed E-state index contributed by atoms with van der Waals surface area (Å²) in [5, 5.41) is 8.04. The number of carbonyl (C=O) groups is 1. The molecule has 0 aliphatic carbocycles. The minimum Gasteiger partial charge on any atom is -0.481 e. The second-order valence-corrected chi connectivity index (χ2v) is 6.12. The molecule has 0 saturated heterocycles. The molecule has 0 atom stereocenters. The molecule has 0 rings (SSSR count). The lowest BCUT2D eigenvalue weighted by Crippen LogP contribution is -1.91. The fraction of sp³-hybridized carbons (Fsp3) is 0.800. The maximum absolute atomic E-state index is 9.76.